The molecular formula is C7H6O2. The number of ether oxygens (including phenoxy) is 1. The number of hydrogen-bond donors (Lipinski definition) is 1. The third-order valence-electron chi connectivity index (χ3n) is 1.45. The first-order valence-electron chi connectivity index (χ1n) is 2.82. The van der Waals surface area contributed by atoms with E-state index in [2.05, 4.69) is 0 Å². The average Bonchev–Trinajstić information content (AvgIpc) is 2.35. The first kappa shape index (κ1) is 4.68. The minimum atomic E-state index is 0.249. The molecule has 0 fully saturated rings. The molecule has 2 rings (SSSR count). The van der Waals surface area contributed by atoms with Crippen LogP contribution in [0.25, 0.3) is 0 Å². The highest BCUT2D eigenvalue weighted by Crippen LogP contribution is 2.27. The maximum Gasteiger partial charge on any atom is 0.168 e. The van der Waals surface area contributed by atoms with Crippen molar-refractivity contribution in [1.82, 2.24) is 0 Å². The van der Waals surface area contributed by atoms with Gasteiger partial charge in [0.05, 0.1) is 0 Å². The summed E-state index contributed by atoms with van der Waals surface area (Å²) in [7, 11) is 0. The zero-order valence-electron chi connectivity index (χ0n) is 4.79. The monoisotopic (exact) mass is 122 g/mol. The van der Waals surface area contributed by atoms with Gasteiger partial charge in [-0.3, -0.25) is 0 Å². The molecule has 46 valence electrons. The van der Waals surface area contributed by atoms with Crippen LogP contribution in [-0.2, 0) is 4.74 Å². The molecule has 2 heteroatoms. The number of rotatable bonds is 0. The summed E-state index contributed by atoms with van der Waals surface area (Å²) >= 11 is 0. The Morgan fingerprint density at radius 2 is 2.33 bits per heavy atom. The number of aliphatic hydroxyl groups is 1. The first-order chi connectivity index (χ1) is 4.38. The van der Waals surface area contributed by atoms with Crippen molar-refractivity contribution in [2.75, 3.05) is 6.61 Å². The molecule has 0 bridgehead atoms. The zero-order chi connectivity index (χ0) is 6.27. The molecule has 9 heavy (non-hydrogen) atoms. The van der Waals surface area contributed by atoms with Gasteiger partial charge in [0.1, 0.15) is 6.61 Å². The van der Waals surface area contributed by atoms with Crippen LogP contribution in [0.3, 0.4) is 0 Å². The van der Waals surface area contributed by atoms with E-state index in [0.717, 1.165) is 5.57 Å². The molecule has 2 nitrogen and oxygen atoms in total. The summed E-state index contributed by atoms with van der Waals surface area (Å²) in [5.74, 6) is 0.883. The van der Waals surface area contributed by atoms with Gasteiger partial charge in [-0.2, -0.15) is 0 Å². The van der Waals surface area contributed by atoms with Crippen molar-refractivity contribution in [2.45, 2.75) is 0 Å². The second kappa shape index (κ2) is 1.41. The molecule has 1 aliphatic carbocycles. The van der Waals surface area contributed by atoms with Gasteiger partial charge in [-0.15, -0.1) is 0 Å². The van der Waals surface area contributed by atoms with Crippen molar-refractivity contribution in [1.29, 1.82) is 0 Å². The third-order valence-corrected chi connectivity index (χ3v) is 1.45. The molecule has 0 amide bonds. The van der Waals surface area contributed by atoms with Crippen molar-refractivity contribution < 1.29 is 9.84 Å². The molecule has 0 atom stereocenters. The van der Waals surface area contributed by atoms with Gasteiger partial charge in [0.2, 0.25) is 0 Å². The van der Waals surface area contributed by atoms with Crippen LogP contribution in [-0.4, -0.2) is 11.7 Å². The molecule has 0 aromatic heterocycles. The van der Waals surface area contributed by atoms with Gasteiger partial charge in [0.25, 0.3) is 0 Å². The highest BCUT2D eigenvalue weighted by Gasteiger charge is 2.18. The van der Waals surface area contributed by atoms with Gasteiger partial charge in [-0.25, -0.2) is 0 Å². The predicted molar refractivity (Wildman–Crippen MR) is 32.8 cm³/mol. The summed E-state index contributed by atoms with van der Waals surface area (Å²) < 4.78 is 5.06. The second-order valence-corrected chi connectivity index (χ2v) is 2.02. The number of allylic oxidation sites excluding steroid dienone is 2. The Balaban J connectivity index is 2.52. The lowest BCUT2D eigenvalue weighted by molar-refractivity contribution is 0.254. The molecule has 0 saturated carbocycles. The molecule has 0 saturated heterocycles. The smallest absolute Gasteiger partial charge is 0.168 e. The van der Waals surface area contributed by atoms with Gasteiger partial charge in [0.15, 0.2) is 11.5 Å². The van der Waals surface area contributed by atoms with Crippen molar-refractivity contribution in [3.63, 3.8) is 0 Å². The van der Waals surface area contributed by atoms with E-state index in [9.17, 15) is 0 Å². The van der Waals surface area contributed by atoms with E-state index in [1.165, 1.54) is 0 Å². The Labute approximate surface area is 52.8 Å². The summed E-state index contributed by atoms with van der Waals surface area (Å²) in [5.41, 5.74) is 1.01. The fourth-order valence-electron chi connectivity index (χ4n) is 1.00. The van der Waals surface area contributed by atoms with Crippen molar-refractivity contribution in [3.8, 4) is 0 Å². The quantitative estimate of drug-likeness (QED) is 0.524. The highest BCUT2D eigenvalue weighted by molar-refractivity contribution is 5.49. The van der Waals surface area contributed by atoms with Crippen LogP contribution >= 0.6 is 0 Å². The first-order valence-corrected chi connectivity index (χ1v) is 2.82. The molecule has 1 N–H and O–H groups in total. The lowest BCUT2D eigenvalue weighted by atomic mass is 10.3. The summed E-state index contributed by atoms with van der Waals surface area (Å²) in [5, 5.41) is 9.03. The van der Waals surface area contributed by atoms with Crippen LogP contribution in [0.5, 0.6) is 0 Å². The van der Waals surface area contributed by atoms with Gasteiger partial charge < -0.3 is 9.84 Å². The molecule has 0 aromatic carbocycles. The van der Waals surface area contributed by atoms with E-state index >= 15 is 0 Å². The Morgan fingerprint density at radius 1 is 1.44 bits per heavy atom. The van der Waals surface area contributed by atoms with Crippen LogP contribution in [0.15, 0.2) is 35.3 Å². The van der Waals surface area contributed by atoms with Crippen molar-refractivity contribution in [3.05, 3.63) is 35.3 Å². The van der Waals surface area contributed by atoms with Gasteiger partial charge in [0, 0.05) is 5.57 Å². The molecule has 0 spiro atoms. The molecule has 1 aliphatic heterocycles. The SMILES string of the molecule is OC1=C2OCC=C2C=C1. The Kier molecular flexibility index (Phi) is 0.730. The Hall–Kier alpha value is -1.18. The van der Waals surface area contributed by atoms with Gasteiger partial charge in [-0.05, 0) is 18.2 Å². The lowest BCUT2D eigenvalue weighted by Gasteiger charge is -1.95. The molecule has 0 unspecified atom stereocenters. The molecule has 1 heterocycles. The van der Waals surface area contributed by atoms with E-state index in [-0.39, 0.29) is 5.76 Å². The van der Waals surface area contributed by atoms with Crippen molar-refractivity contribution >= 4 is 0 Å². The molecular weight excluding hydrogens is 116 g/mol. The molecule has 2 aliphatic rings. The standard InChI is InChI=1S/C7H6O2/c8-6-2-1-5-3-4-9-7(5)6/h1-3,8H,4H2. The van der Waals surface area contributed by atoms with Crippen LogP contribution in [0, 0.1) is 0 Å². The van der Waals surface area contributed by atoms with Crippen LogP contribution in [0.4, 0.5) is 0 Å². The van der Waals surface area contributed by atoms with Crippen LogP contribution in [0.1, 0.15) is 0 Å². The Bertz CT molecular complexity index is 231. The maximum atomic E-state index is 9.03. The number of fused-ring (bicyclic) bond motifs is 1. The minimum absolute atomic E-state index is 0.249. The van der Waals surface area contributed by atoms with E-state index < -0.39 is 0 Å². The van der Waals surface area contributed by atoms with Crippen molar-refractivity contribution in [2.24, 2.45) is 0 Å². The van der Waals surface area contributed by atoms with Gasteiger partial charge in [-0.1, -0.05) is 0 Å². The number of aliphatic hydroxyl groups excluding tert-OH is 1. The normalized spacial score (nSPS) is 22.0. The predicted octanol–water partition coefficient (Wildman–Crippen LogP) is 1.28. The summed E-state index contributed by atoms with van der Waals surface area (Å²) in [6, 6.07) is 0. The van der Waals surface area contributed by atoms with E-state index in [0.29, 0.717) is 12.4 Å². The maximum absolute atomic E-state index is 9.03. The van der Waals surface area contributed by atoms with E-state index in [4.69, 9.17) is 9.84 Å². The number of hydrogen-bond acceptors (Lipinski definition) is 2. The topological polar surface area (TPSA) is 29.5 Å². The summed E-state index contributed by atoms with van der Waals surface area (Å²) in [6.45, 7) is 0.596. The fraction of sp³-hybridized carbons (Fsp3) is 0.143. The molecule has 0 radical (unpaired) electrons. The minimum Gasteiger partial charge on any atom is -0.504 e. The Morgan fingerprint density at radius 3 is 3.11 bits per heavy atom. The zero-order valence-corrected chi connectivity index (χ0v) is 4.79. The summed E-state index contributed by atoms with van der Waals surface area (Å²) in [4.78, 5) is 0. The lowest BCUT2D eigenvalue weighted by Crippen LogP contribution is -1.84. The third kappa shape index (κ3) is 0.499. The van der Waals surface area contributed by atoms with Crippen LogP contribution < -0.4 is 0 Å². The highest BCUT2D eigenvalue weighted by atomic mass is 16.5. The van der Waals surface area contributed by atoms with E-state index in [1.807, 2.05) is 12.2 Å². The van der Waals surface area contributed by atoms with E-state index in [1.54, 1.807) is 6.08 Å². The average molecular weight is 122 g/mol. The van der Waals surface area contributed by atoms with Gasteiger partial charge >= 0.3 is 0 Å². The molecule has 0 aromatic rings. The summed E-state index contributed by atoms with van der Waals surface area (Å²) in [6.07, 6.45) is 5.42. The fourth-order valence-corrected chi connectivity index (χ4v) is 1.00. The van der Waals surface area contributed by atoms with Crippen LogP contribution in [0.2, 0.25) is 0 Å². The largest absolute Gasteiger partial charge is 0.504 e. The second-order valence-electron chi connectivity index (χ2n) is 2.02.